The van der Waals surface area contributed by atoms with Crippen LogP contribution in [0.3, 0.4) is 0 Å². The van der Waals surface area contributed by atoms with Crippen molar-refractivity contribution in [3.05, 3.63) is 289 Å². The number of ketones is 3. The summed E-state index contributed by atoms with van der Waals surface area (Å²) in [6.07, 6.45) is 0. The Kier molecular flexibility index (Phi) is 21.8. The molecule has 0 atom stereocenters. The van der Waals surface area contributed by atoms with Gasteiger partial charge in [-0.2, -0.15) is 29.6 Å². The molecule has 0 saturated heterocycles. The summed E-state index contributed by atoms with van der Waals surface area (Å²) >= 11 is 0. The Morgan fingerprint density at radius 2 is 0.755 bits per heavy atom. The smallest absolute Gasteiger partial charge is 0.329 e. The van der Waals surface area contributed by atoms with Crippen LogP contribution >= 0.6 is 0 Å². The van der Waals surface area contributed by atoms with Gasteiger partial charge in [-0.05, 0) is 164 Å². The fraction of sp³-hybridized carbons (Fsp3) is 0.246. The summed E-state index contributed by atoms with van der Waals surface area (Å²) in [5.41, 5.74) is 0.0682. The third-order valence-electron chi connectivity index (χ3n) is 14.5. The van der Waals surface area contributed by atoms with Gasteiger partial charge in [0.25, 0.3) is 16.7 Å². The van der Waals surface area contributed by atoms with Gasteiger partial charge in [-0.15, -0.1) is 0 Å². The summed E-state index contributed by atoms with van der Waals surface area (Å²) in [5, 5.41) is 27.8. The van der Waals surface area contributed by atoms with Crippen LogP contribution in [0, 0.1) is 85.2 Å². The summed E-state index contributed by atoms with van der Waals surface area (Å²) in [5.74, 6) is -6.15. The number of carbonyl (C=O) groups is 3. The predicted molar refractivity (Wildman–Crippen MR) is 338 cm³/mol. The highest BCUT2D eigenvalue weighted by atomic mass is 19.1. The van der Waals surface area contributed by atoms with Crippen molar-refractivity contribution in [1.29, 1.82) is 15.8 Å². The van der Waals surface area contributed by atoms with Crippen molar-refractivity contribution >= 4 is 17.3 Å². The molecule has 5 heterocycles. The minimum atomic E-state index is -0.879. The van der Waals surface area contributed by atoms with Crippen molar-refractivity contribution in [2.24, 2.45) is 0 Å². The zero-order chi connectivity index (χ0) is 69.3. The lowest BCUT2D eigenvalue weighted by molar-refractivity contribution is 0.101. The van der Waals surface area contributed by atoms with Gasteiger partial charge >= 0.3 is 17.1 Å². The quantitative estimate of drug-likeness (QED) is 0.0461. The van der Waals surface area contributed by atoms with E-state index in [1.807, 2.05) is 18.2 Å². The first-order chi connectivity index (χ1) is 44.3. The Bertz CT molecular complexity index is 4810. The van der Waals surface area contributed by atoms with Crippen molar-refractivity contribution in [2.75, 3.05) is 7.11 Å². The van der Waals surface area contributed by atoms with E-state index in [1.54, 1.807) is 112 Å². The predicted octanol–water partition coefficient (Wildman–Crippen LogP) is 9.02. The minimum Gasteiger partial charge on any atom is -0.481 e. The van der Waals surface area contributed by atoms with E-state index in [-0.39, 0.29) is 98.6 Å². The fourth-order valence-electron chi connectivity index (χ4n) is 10.7. The lowest BCUT2D eigenvalue weighted by atomic mass is 9.95. The maximum atomic E-state index is 13.9. The number of benzene rings is 4. The molecule has 0 radical (unpaired) electrons. The van der Waals surface area contributed by atoms with E-state index < -0.39 is 86.5 Å². The first-order valence-electron chi connectivity index (χ1n) is 28.9. The first kappa shape index (κ1) is 69.7. The zero-order valence-corrected chi connectivity index (χ0v) is 52.8. The number of pyridine rings is 2. The number of ether oxygens (including phenoxy) is 1. The number of hydrogen-bond donors (Lipinski definition) is 3. The third-order valence-corrected chi connectivity index (χ3v) is 14.5. The van der Waals surface area contributed by atoms with Crippen LogP contribution < -0.4 is 38.5 Å². The highest BCUT2D eigenvalue weighted by molar-refractivity contribution is 6.10. The van der Waals surface area contributed by atoms with E-state index in [0.717, 1.165) is 31.9 Å². The van der Waals surface area contributed by atoms with E-state index in [2.05, 4.69) is 24.9 Å². The molecule has 0 spiro atoms. The van der Waals surface area contributed by atoms with Gasteiger partial charge in [0, 0.05) is 51.2 Å². The van der Waals surface area contributed by atoms with Crippen molar-refractivity contribution in [3.63, 3.8) is 0 Å². The van der Waals surface area contributed by atoms with Crippen LogP contribution in [0.1, 0.15) is 180 Å². The lowest BCUT2D eigenvalue weighted by Gasteiger charge is -2.18. The maximum Gasteiger partial charge on any atom is 0.329 e. The highest BCUT2D eigenvalue weighted by Gasteiger charge is 2.29. The number of aromatic nitrogens is 8. The lowest BCUT2D eigenvalue weighted by Crippen LogP contribution is -2.38. The molecular formula is C69H61F4N11O10. The van der Waals surface area contributed by atoms with Gasteiger partial charge in [-0.25, -0.2) is 28.1 Å². The largest absolute Gasteiger partial charge is 0.481 e. The summed E-state index contributed by atoms with van der Waals surface area (Å²) in [7, 11) is 1.33. The summed E-state index contributed by atoms with van der Waals surface area (Å²) < 4.78 is 63.3. The number of nitrogens with zero attached hydrogens (tertiary/aromatic N) is 8. The van der Waals surface area contributed by atoms with Gasteiger partial charge in [0.2, 0.25) is 35.1 Å². The number of aryl methyl sites for hydroxylation is 4. The van der Waals surface area contributed by atoms with Gasteiger partial charge in [0.15, 0.2) is 0 Å². The fourth-order valence-corrected chi connectivity index (χ4v) is 10.7. The number of aromatic amines is 3. The van der Waals surface area contributed by atoms with Crippen LogP contribution in [0.2, 0.25) is 0 Å². The molecule has 0 bridgehead atoms. The molecule has 0 aliphatic rings. The number of hydrogen-bond acceptors (Lipinski definition) is 15. The molecule has 21 nitrogen and oxygen atoms in total. The number of nitriles is 3. The molecule has 0 saturated carbocycles. The maximum absolute atomic E-state index is 13.9. The van der Waals surface area contributed by atoms with Crippen LogP contribution in [0.5, 0.6) is 5.88 Å². The Morgan fingerprint density at radius 1 is 0.447 bits per heavy atom. The molecule has 480 valence electrons. The number of carbonyl (C=O) groups excluding carboxylic acids is 3. The SMILES string of the molecule is COc1cc(Cn2c(C(=O)c3cc(C)cc(C#N)c3)c(C(C)C)c(=O)[nH]c2=O)cc(F)n1.Cc1cc(C#N)cc(C(=O)c2c(C(C)C)c(=O)[nH]c(=O)n2Cc2cc(C)nc(F)c2)c1.Cc1cc(C#N)cc(C(=O)c2c(C(C)C)c(=O)[nH]c(=O)n2Cc2cc(F)cc(F)c2)c1. The van der Waals surface area contributed by atoms with Crippen LogP contribution in [0.15, 0.2) is 126 Å². The van der Waals surface area contributed by atoms with Gasteiger partial charge in [-0.3, -0.25) is 57.4 Å². The van der Waals surface area contributed by atoms with Gasteiger partial charge in [0.1, 0.15) is 28.7 Å². The molecule has 9 rings (SSSR count). The summed E-state index contributed by atoms with van der Waals surface area (Å²) in [4.78, 5) is 130. The topological polar surface area (TPSA) is 322 Å². The second-order valence-corrected chi connectivity index (χ2v) is 22.9. The van der Waals surface area contributed by atoms with E-state index in [0.29, 0.717) is 45.1 Å². The van der Waals surface area contributed by atoms with Crippen molar-refractivity contribution in [3.8, 4) is 24.1 Å². The Labute approximate surface area is 533 Å². The average molecular weight is 1280 g/mol. The monoisotopic (exact) mass is 1280 g/mol. The molecule has 0 unspecified atom stereocenters. The van der Waals surface area contributed by atoms with Crippen LogP contribution in [-0.2, 0) is 19.6 Å². The molecular weight excluding hydrogens is 1220 g/mol. The normalized spacial score (nSPS) is 10.8. The Morgan fingerprint density at radius 3 is 1.05 bits per heavy atom. The molecule has 4 aromatic carbocycles. The molecule has 0 amide bonds. The molecule has 3 N–H and O–H groups in total. The second-order valence-electron chi connectivity index (χ2n) is 22.9. The molecule has 94 heavy (non-hydrogen) atoms. The van der Waals surface area contributed by atoms with Crippen LogP contribution in [0.25, 0.3) is 0 Å². The molecule has 0 aliphatic heterocycles. The Hall–Kier alpha value is -11.8. The van der Waals surface area contributed by atoms with Crippen molar-refractivity contribution in [2.45, 2.75) is 107 Å². The second kappa shape index (κ2) is 29.5. The number of rotatable bonds is 16. The van der Waals surface area contributed by atoms with Crippen LogP contribution in [-0.4, -0.2) is 63.1 Å². The van der Waals surface area contributed by atoms with Crippen molar-refractivity contribution in [1.82, 2.24) is 38.6 Å². The van der Waals surface area contributed by atoms with E-state index in [4.69, 9.17) is 4.74 Å². The minimum absolute atomic E-state index is 0.00628. The zero-order valence-electron chi connectivity index (χ0n) is 52.8. The molecule has 25 heteroatoms. The molecule has 9 aromatic rings. The average Bonchev–Trinajstić information content (AvgIpc) is 0.785. The standard InChI is InChI=1S/C23H19F2N3O3.C23H21FN4O4.C23H21FN4O3/c1-12(2)19-20(21(29)16-5-13(3)4-14(6-16)10-26)28(23(31)27-22(19)30)11-15-7-17(24)9-18(25)8-15;1-12(2)19-20(21(29)16-6-13(3)5-14(7-16)10-25)28(23(31)27-22(19)30)11-15-8-17(24)26-18(9-15)32-4;1-12(2)19-20(21(29)17-6-13(3)5-15(8-17)10-25)28(23(31)27-22(19)30)11-16-7-14(4)26-18(24)9-16/h4-9,12H,11H2,1-3H3,(H,27,30,31);5-9,12H,11H2,1-4H3,(H,27,30,31);5-9,12H,11H2,1-4H3,(H,27,30,31). The van der Waals surface area contributed by atoms with Gasteiger partial charge < -0.3 is 4.74 Å². The van der Waals surface area contributed by atoms with Crippen molar-refractivity contribution < 1.29 is 36.7 Å². The van der Waals surface area contributed by atoms with Gasteiger partial charge in [-0.1, -0.05) is 41.5 Å². The third kappa shape index (κ3) is 16.2. The number of methoxy groups -OCH3 is 1. The molecule has 0 aliphatic carbocycles. The number of H-pyrrole nitrogens is 3. The van der Waals surface area contributed by atoms with E-state index >= 15 is 0 Å². The van der Waals surface area contributed by atoms with E-state index in [9.17, 15) is 76.5 Å². The highest BCUT2D eigenvalue weighted by Crippen LogP contribution is 2.25. The van der Waals surface area contributed by atoms with Gasteiger partial charge in [0.05, 0.1) is 61.6 Å². The molecule has 0 fully saturated rings. The number of nitrogens with one attached hydrogen (secondary N) is 3. The first-order valence-corrected chi connectivity index (χ1v) is 28.9. The summed E-state index contributed by atoms with van der Waals surface area (Å²) in [6.45, 7) is 16.4. The molecule has 5 aromatic heterocycles. The van der Waals surface area contributed by atoms with E-state index in [1.165, 1.54) is 37.4 Å². The van der Waals surface area contributed by atoms with Crippen LogP contribution in [0.4, 0.5) is 17.6 Å². The Balaban J connectivity index is 0.000000200. The summed E-state index contributed by atoms with van der Waals surface area (Å²) in [6, 6.07) is 27.9. The number of halogens is 4.